The van der Waals surface area contributed by atoms with E-state index in [2.05, 4.69) is 4.98 Å². The van der Waals surface area contributed by atoms with Crippen LogP contribution >= 0.6 is 11.6 Å². The lowest BCUT2D eigenvalue weighted by atomic mass is 10.4. The summed E-state index contributed by atoms with van der Waals surface area (Å²) in [4.78, 5) is 2.09. The third-order valence-corrected chi connectivity index (χ3v) is 1.69. The molecule has 0 aliphatic carbocycles. The number of hydrogen-bond acceptors (Lipinski definition) is 1. The van der Waals surface area contributed by atoms with Crippen LogP contribution in [0.15, 0.2) is 6.07 Å². The monoisotopic (exact) mass is 198 g/mol. The molecule has 0 saturated carbocycles. The Hall–Kier alpha value is -0.680. The summed E-state index contributed by atoms with van der Waals surface area (Å²) in [5, 5.41) is 0.0184. The number of H-pyrrole nitrogens is 1. The van der Waals surface area contributed by atoms with E-state index >= 15 is 0 Å². The highest BCUT2D eigenvalue weighted by molar-refractivity contribution is 6.31. The van der Waals surface area contributed by atoms with Crippen molar-refractivity contribution in [3.05, 3.63) is 22.5 Å². The quantitative estimate of drug-likeness (QED) is 0.713. The Morgan fingerprint density at radius 3 is 2.33 bits per heavy atom. The van der Waals surface area contributed by atoms with Crippen LogP contribution in [0.3, 0.4) is 0 Å². The van der Waals surface area contributed by atoms with Gasteiger partial charge in [-0.1, -0.05) is 11.6 Å². The van der Waals surface area contributed by atoms with Crippen molar-refractivity contribution in [3.8, 4) is 0 Å². The van der Waals surface area contributed by atoms with Gasteiger partial charge in [0.1, 0.15) is 5.69 Å². The molecule has 0 saturated heterocycles. The molecule has 0 unspecified atom stereocenters. The van der Waals surface area contributed by atoms with Crippen LogP contribution < -0.4 is 5.73 Å². The Labute approximate surface area is 71.5 Å². The van der Waals surface area contributed by atoms with Gasteiger partial charge in [-0.3, -0.25) is 0 Å². The number of rotatable bonds is 1. The SMILES string of the molecule is NCc1[nH]c(C(F)(F)F)cc1Cl. The molecule has 12 heavy (non-hydrogen) atoms. The van der Waals surface area contributed by atoms with Crippen molar-refractivity contribution >= 4 is 11.6 Å². The number of hydrogen-bond donors (Lipinski definition) is 2. The molecular formula is C6H6ClF3N2. The van der Waals surface area contributed by atoms with Gasteiger partial charge in [-0.15, -0.1) is 0 Å². The van der Waals surface area contributed by atoms with Gasteiger partial charge in [-0.05, 0) is 6.07 Å². The maximum atomic E-state index is 12.0. The lowest BCUT2D eigenvalue weighted by Crippen LogP contribution is -2.06. The van der Waals surface area contributed by atoms with E-state index in [4.69, 9.17) is 17.3 Å². The zero-order chi connectivity index (χ0) is 9.35. The summed E-state index contributed by atoms with van der Waals surface area (Å²) < 4.78 is 36.0. The Kier molecular flexibility index (Phi) is 2.34. The van der Waals surface area contributed by atoms with Crippen LogP contribution in [-0.4, -0.2) is 4.98 Å². The van der Waals surface area contributed by atoms with Gasteiger partial charge in [0.25, 0.3) is 0 Å². The van der Waals surface area contributed by atoms with E-state index in [1.54, 1.807) is 0 Å². The molecule has 0 spiro atoms. The van der Waals surface area contributed by atoms with Crippen LogP contribution in [0.4, 0.5) is 13.2 Å². The number of nitrogens with two attached hydrogens (primary N) is 1. The average Bonchev–Trinajstić information content (AvgIpc) is 2.29. The summed E-state index contributed by atoms with van der Waals surface area (Å²) in [6, 6.07) is 0.823. The van der Waals surface area contributed by atoms with E-state index in [1.165, 1.54) is 0 Å². The van der Waals surface area contributed by atoms with Gasteiger partial charge < -0.3 is 10.7 Å². The number of halogens is 4. The number of nitrogens with one attached hydrogen (secondary N) is 1. The molecule has 68 valence electrons. The molecule has 3 N–H and O–H groups in total. The second-order valence-electron chi connectivity index (χ2n) is 2.21. The predicted molar refractivity (Wildman–Crippen MR) is 38.7 cm³/mol. The molecule has 0 radical (unpaired) electrons. The zero-order valence-electron chi connectivity index (χ0n) is 5.87. The Bertz CT molecular complexity index is 279. The Balaban J connectivity index is 3.05. The van der Waals surface area contributed by atoms with E-state index in [0.29, 0.717) is 0 Å². The number of alkyl halides is 3. The van der Waals surface area contributed by atoms with Crippen LogP contribution in [0, 0.1) is 0 Å². The summed E-state index contributed by atoms with van der Waals surface area (Å²) in [6.45, 7) is -0.0328. The van der Waals surface area contributed by atoms with Crippen LogP contribution in [0.2, 0.25) is 5.02 Å². The van der Waals surface area contributed by atoms with Crippen molar-refractivity contribution in [2.75, 3.05) is 0 Å². The molecule has 1 rings (SSSR count). The van der Waals surface area contributed by atoms with Crippen molar-refractivity contribution in [2.24, 2.45) is 5.73 Å². The maximum Gasteiger partial charge on any atom is 0.431 e. The van der Waals surface area contributed by atoms with Crippen LogP contribution in [-0.2, 0) is 12.7 Å². The largest absolute Gasteiger partial charge is 0.431 e. The molecule has 0 aliphatic rings. The molecule has 0 aliphatic heterocycles. The van der Waals surface area contributed by atoms with E-state index in [0.717, 1.165) is 6.07 Å². The van der Waals surface area contributed by atoms with Crippen molar-refractivity contribution in [3.63, 3.8) is 0 Å². The second-order valence-corrected chi connectivity index (χ2v) is 2.62. The van der Waals surface area contributed by atoms with Gasteiger partial charge >= 0.3 is 6.18 Å². The zero-order valence-corrected chi connectivity index (χ0v) is 6.63. The minimum Gasteiger partial charge on any atom is -0.353 e. The van der Waals surface area contributed by atoms with Crippen LogP contribution in [0.1, 0.15) is 11.4 Å². The van der Waals surface area contributed by atoms with Crippen LogP contribution in [0.25, 0.3) is 0 Å². The molecule has 0 bridgehead atoms. The van der Waals surface area contributed by atoms with E-state index in [9.17, 15) is 13.2 Å². The highest BCUT2D eigenvalue weighted by Crippen LogP contribution is 2.31. The van der Waals surface area contributed by atoms with Crippen molar-refractivity contribution < 1.29 is 13.2 Å². The normalized spacial score (nSPS) is 12.1. The summed E-state index contributed by atoms with van der Waals surface area (Å²) in [5.74, 6) is 0. The highest BCUT2D eigenvalue weighted by Gasteiger charge is 2.33. The summed E-state index contributed by atoms with van der Waals surface area (Å²) in [5.41, 5.74) is 4.45. The first-order chi connectivity index (χ1) is 5.45. The first-order valence-corrected chi connectivity index (χ1v) is 3.47. The summed E-state index contributed by atoms with van der Waals surface area (Å²) >= 11 is 5.44. The van der Waals surface area contributed by atoms with Gasteiger partial charge in [0.05, 0.1) is 5.02 Å². The molecule has 6 heteroatoms. The summed E-state index contributed by atoms with van der Waals surface area (Å²) in [7, 11) is 0. The topological polar surface area (TPSA) is 41.8 Å². The van der Waals surface area contributed by atoms with Crippen molar-refractivity contribution in [1.29, 1.82) is 0 Å². The second kappa shape index (κ2) is 2.99. The molecule has 1 heterocycles. The third-order valence-electron chi connectivity index (χ3n) is 1.35. The van der Waals surface area contributed by atoms with E-state index in [1.807, 2.05) is 0 Å². The summed E-state index contributed by atoms with van der Waals surface area (Å²) in [6.07, 6.45) is -4.39. The minimum absolute atomic E-state index is 0.0184. The van der Waals surface area contributed by atoms with Crippen LogP contribution in [0.5, 0.6) is 0 Å². The Morgan fingerprint density at radius 2 is 2.08 bits per heavy atom. The smallest absolute Gasteiger partial charge is 0.353 e. The van der Waals surface area contributed by atoms with E-state index < -0.39 is 11.9 Å². The fourth-order valence-electron chi connectivity index (χ4n) is 0.773. The van der Waals surface area contributed by atoms with Gasteiger partial charge in [0.2, 0.25) is 0 Å². The fourth-order valence-corrected chi connectivity index (χ4v) is 1.01. The standard InChI is InChI=1S/C6H6ClF3N2/c7-3-1-5(6(8,9)10)12-4(3)2-11/h1,12H,2,11H2. The number of aromatic nitrogens is 1. The maximum absolute atomic E-state index is 12.0. The Morgan fingerprint density at radius 1 is 1.50 bits per heavy atom. The molecule has 0 amide bonds. The molecule has 1 aromatic heterocycles. The minimum atomic E-state index is -4.39. The lowest BCUT2D eigenvalue weighted by Gasteiger charge is -2.01. The van der Waals surface area contributed by atoms with Gasteiger partial charge in [-0.2, -0.15) is 13.2 Å². The van der Waals surface area contributed by atoms with Crippen molar-refractivity contribution in [2.45, 2.75) is 12.7 Å². The third kappa shape index (κ3) is 1.73. The molecular weight excluding hydrogens is 193 g/mol. The number of aromatic amines is 1. The van der Waals surface area contributed by atoms with Gasteiger partial charge in [-0.25, -0.2) is 0 Å². The molecule has 2 nitrogen and oxygen atoms in total. The fraction of sp³-hybridized carbons (Fsp3) is 0.333. The first kappa shape index (κ1) is 9.41. The molecule has 0 fully saturated rings. The average molecular weight is 199 g/mol. The van der Waals surface area contributed by atoms with Crippen molar-refractivity contribution in [1.82, 2.24) is 4.98 Å². The molecule has 0 atom stereocenters. The predicted octanol–water partition coefficient (Wildman–Crippen LogP) is 2.15. The molecule has 1 aromatic rings. The van der Waals surface area contributed by atoms with E-state index in [-0.39, 0.29) is 17.3 Å². The van der Waals surface area contributed by atoms with Gasteiger partial charge in [0.15, 0.2) is 0 Å². The molecule has 0 aromatic carbocycles. The first-order valence-electron chi connectivity index (χ1n) is 3.10. The lowest BCUT2D eigenvalue weighted by molar-refractivity contribution is -0.140. The highest BCUT2D eigenvalue weighted by atomic mass is 35.5. The van der Waals surface area contributed by atoms with Gasteiger partial charge in [0, 0.05) is 12.2 Å².